The summed E-state index contributed by atoms with van der Waals surface area (Å²) in [5.41, 5.74) is 0. The summed E-state index contributed by atoms with van der Waals surface area (Å²) in [4.78, 5) is 2.08. The van der Waals surface area contributed by atoms with E-state index in [4.69, 9.17) is 4.42 Å². The standard InChI is InChI=1S/C7H14N4O/c1-6-9-10-7(12-6)8-4-5-11(2)3/h4-5H2,1-3H3,(H,8,10). The Hall–Kier alpha value is -1.10. The molecule has 0 aliphatic carbocycles. The van der Waals surface area contributed by atoms with Crippen LogP contribution < -0.4 is 5.32 Å². The molecule has 5 nitrogen and oxygen atoms in total. The number of nitrogens with one attached hydrogen (secondary N) is 1. The van der Waals surface area contributed by atoms with Gasteiger partial charge in [0, 0.05) is 20.0 Å². The lowest BCUT2D eigenvalue weighted by molar-refractivity contribution is 0.422. The van der Waals surface area contributed by atoms with Crippen LogP contribution in [0.25, 0.3) is 0 Å². The van der Waals surface area contributed by atoms with Crippen LogP contribution in [0.3, 0.4) is 0 Å². The van der Waals surface area contributed by atoms with Gasteiger partial charge in [0.25, 0.3) is 0 Å². The Morgan fingerprint density at radius 1 is 1.42 bits per heavy atom. The van der Waals surface area contributed by atoms with Gasteiger partial charge in [-0.2, -0.15) is 0 Å². The van der Waals surface area contributed by atoms with Gasteiger partial charge in [0.15, 0.2) is 0 Å². The molecule has 0 aromatic carbocycles. The smallest absolute Gasteiger partial charge is 0.315 e. The van der Waals surface area contributed by atoms with E-state index in [1.807, 2.05) is 14.1 Å². The highest BCUT2D eigenvalue weighted by Gasteiger charge is 1.99. The fraction of sp³-hybridized carbons (Fsp3) is 0.714. The molecule has 1 heterocycles. The lowest BCUT2D eigenvalue weighted by atomic mass is 10.6. The monoisotopic (exact) mass is 170 g/mol. The second kappa shape index (κ2) is 4.06. The first-order chi connectivity index (χ1) is 5.68. The van der Waals surface area contributed by atoms with Gasteiger partial charge in [-0.1, -0.05) is 5.10 Å². The first-order valence-corrected chi connectivity index (χ1v) is 3.87. The maximum Gasteiger partial charge on any atom is 0.315 e. The Kier molecular flexibility index (Phi) is 3.04. The molecule has 0 aliphatic rings. The quantitative estimate of drug-likeness (QED) is 0.706. The van der Waals surface area contributed by atoms with Gasteiger partial charge in [-0.15, -0.1) is 5.10 Å². The molecule has 1 aromatic heterocycles. The van der Waals surface area contributed by atoms with E-state index >= 15 is 0 Å². The molecule has 5 heteroatoms. The number of hydrogen-bond acceptors (Lipinski definition) is 5. The summed E-state index contributed by atoms with van der Waals surface area (Å²) in [6, 6.07) is 0.495. The summed E-state index contributed by atoms with van der Waals surface area (Å²) in [5, 5.41) is 10.5. The van der Waals surface area contributed by atoms with Gasteiger partial charge in [0.2, 0.25) is 5.89 Å². The zero-order valence-electron chi connectivity index (χ0n) is 7.66. The SMILES string of the molecule is Cc1nnc(NCCN(C)C)o1. The number of rotatable bonds is 4. The third kappa shape index (κ3) is 2.87. The van der Waals surface area contributed by atoms with Crippen LogP contribution in [0.4, 0.5) is 6.01 Å². The van der Waals surface area contributed by atoms with E-state index in [-0.39, 0.29) is 0 Å². The molecule has 0 radical (unpaired) electrons. The summed E-state index contributed by atoms with van der Waals surface area (Å²) in [6.45, 7) is 3.53. The highest BCUT2D eigenvalue weighted by atomic mass is 16.4. The van der Waals surface area contributed by atoms with Gasteiger partial charge in [-0.3, -0.25) is 0 Å². The van der Waals surface area contributed by atoms with E-state index in [1.54, 1.807) is 6.92 Å². The van der Waals surface area contributed by atoms with Crippen LogP contribution in [-0.2, 0) is 0 Å². The summed E-state index contributed by atoms with van der Waals surface area (Å²) in [5.74, 6) is 0.586. The number of likely N-dealkylation sites (N-methyl/N-ethyl adjacent to an activating group) is 1. The van der Waals surface area contributed by atoms with Crippen molar-refractivity contribution >= 4 is 6.01 Å². The minimum Gasteiger partial charge on any atom is -0.408 e. The minimum atomic E-state index is 0.495. The molecule has 0 spiro atoms. The molecule has 0 unspecified atom stereocenters. The molecule has 0 bridgehead atoms. The summed E-state index contributed by atoms with van der Waals surface area (Å²) < 4.78 is 5.11. The molecule has 1 aromatic rings. The average Bonchev–Trinajstić information content (AvgIpc) is 2.35. The zero-order chi connectivity index (χ0) is 8.97. The van der Waals surface area contributed by atoms with Crippen LogP contribution in [0.1, 0.15) is 5.89 Å². The Morgan fingerprint density at radius 2 is 2.17 bits per heavy atom. The van der Waals surface area contributed by atoms with Crippen LogP contribution in [0.2, 0.25) is 0 Å². The fourth-order valence-electron chi connectivity index (χ4n) is 0.754. The van der Waals surface area contributed by atoms with E-state index < -0.39 is 0 Å². The molecule has 12 heavy (non-hydrogen) atoms. The number of hydrogen-bond donors (Lipinski definition) is 1. The lowest BCUT2D eigenvalue weighted by Gasteiger charge is -2.08. The van der Waals surface area contributed by atoms with E-state index in [0.717, 1.165) is 13.1 Å². The maximum atomic E-state index is 5.11. The highest BCUT2D eigenvalue weighted by Crippen LogP contribution is 2.02. The molecule has 1 rings (SSSR count). The van der Waals surface area contributed by atoms with Crippen LogP contribution in [-0.4, -0.2) is 42.3 Å². The van der Waals surface area contributed by atoms with Crippen molar-refractivity contribution in [3.05, 3.63) is 5.89 Å². The van der Waals surface area contributed by atoms with Crippen molar-refractivity contribution in [2.45, 2.75) is 6.92 Å². The minimum absolute atomic E-state index is 0.495. The van der Waals surface area contributed by atoms with Gasteiger partial charge in [-0.05, 0) is 14.1 Å². The normalized spacial score (nSPS) is 10.7. The average molecular weight is 170 g/mol. The molecule has 0 fully saturated rings. The third-order valence-corrected chi connectivity index (χ3v) is 1.36. The van der Waals surface area contributed by atoms with Crippen molar-refractivity contribution in [3.63, 3.8) is 0 Å². The van der Waals surface area contributed by atoms with Crippen molar-refractivity contribution in [1.82, 2.24) is 15.1 Å². The molecule has 1 N–H and O–H groups in total. The molecule has 0 atom stereocenters. The molecular formula is C7H14N4O. The molecular weight excluding hydrogens is 156 g/mol. The second-order valence-electron chi connectivity index (χ2n) is 2.86. The number of anilines is 1. The first-order valence-electron chi connectivity index (χ1n) is 3.87. The van der Waals surface area contributed by atoms with Gasteiger partial charge >= 0.3 is 6.01 Å². The zero-order valence-corrected chi connectivity index (χ0v) is 7.66. The Balaban J connectivity index is 2.24. The lowest BCUT2D eigenvalue weighted by Crippen LogP contribution is -2.20. The number of nitrogens with zero attached hydrogens (tertiary/aromatic N) is 3. The first kappa shape index (κ1) is 8.99. The van der Waals surface area contributed by atoms with Gasteiger partial charge in [0.1, 0.15) is 0 Å². The van der Waals surface area contributed by atoms with Crippen LogP contribution in [0.5, 0.6) is 0 Å². The van der Waals surface area contributed by atoms with Crippen LogP contribution in [0, 0.1) is 6.92 Å². The van der Waals surface area contributed by atoms with Crippen LogP contribution in [0.15, 0.2) is 4.42 Å². The van der Waals surface area contributed by atoms with Crippen molar-refractivity contribution in [2.24, 2.45) is 0 Å². The Labute approximate surface area is 71.8 Å². The summed E-state index contributed by atoms with van der Waals surface area (Å²) in [7, 11) is 4.03. The fourth-order valence-corrected chi connectivity index (χ4v) is 0.754. The predicted molar refractivity (Wildman–Crippen MR) is 46.1 cm³/mol. The van der Waals surface area contributed by atoms with Crippen molar-refractivity contribution in [1.29, 1.82) is 0 Å². The van der Waals surface area contributed by atoms with E-state index in [1.165, 1.54) is 0 Å². The number of aromatic nitrogens is 2. The van der Waals surface area contributed by atoms with E-state index in [2.05, 4.69) is 20.4 Å². The summed E-state index contributed by atoms with van der Waals surface area (Å²) in [6.07, 6.45) is 0. The van der Waals surface area contributed by atoms with Gasteiger partial charge in [-0.25, -0.2) is 0 Å². The van der Waals surface area contributed by atoms with E-state index in [9.17, 15) is 0 Å². The van der Waals surface area contributed by atoms with Gasteiger partial charge < -0.3 is 14.6 Å². The van der Waals surface area contributed by atoms with Gasteiger partial charge in [0.05, 0.1) is 0 Å². The molecule has 0 aliphatic heterocycles. The van der Waals surface area contributed by atoms with E-state index in [0.29, 0.717) is 11.9 Å². The molecule has 0 amide bonds. The Morgan fingerprint density at radius 3 is 2.67 bits per heavy atom. The topological polar surface area (TPSA) is 54.2 Å². The Bertz CT molecular complexity index is 233. The van der Waals surface area contributed by atoms with Crippen molar-refractivity contribution in [3.8, 4) is 0 Å². The largest absolute Gasteiger partial charge is 0.408 e. The predicted octanol–water partition coefficient (Wildman–Crippen LogP) is 0.352. The summed E-state index contributed by atoms with van der Waals surface area (Å²) >= 11 is 0. The second-order valence-corrected chi connectivity index (χ2v) is 2.86. The van der Waals surface area contributed by atoms with Crippen molar-refractivity contribution < 1.29 is 4.42 Å². The number of aryl methyl sites for hydroxylation is 1. The maximum absolute atomic E-state index is 5.11. The molecule has 0 saturated carbocycles. The molecule has 0 saturated heterocycles. The highest BCUT2D eigenvalue weighted by molar-refractivity contribution is 5.16. The van der Waals surface area contributed by atoms with Crippen LogP contribution >= 0.6 is 0 Å². The van der Waals surface area contributed by atoms with Crippen molar-refractivity contribution in [2.75, 3.05) is 32.5 Å². The third-order valence-electron chi connectivity index (χ3n) is 1.36. The molecule has 68 valence electrons.